The van der Waals surface area contributed by atoms with Crippen molar-refractivity contribution in [3.05, 3.63) is 29.5 Å². The van der Waals surface area contributed by atoms with Gasteiger partial charge < -0.3 is 19.5 Å². The molecule has 1 aromatic heterocycles. The van der Waals surface area contributed by atoms with Crippen LogP contribution in [0.2, 0.25) is 0 Å². The number of aryl methyl sites for hydroxylation is 1. The Hall–Kier alpha value is -2.50. The molecule has 0 aliphatic carbocycles. The van der Waals surface area contributed by atoms with E-state index in [1.807, 2.05) is 11.5 Å². The molecular formula is C14H15NO5. The lowest BCUT2D eigenvalue weighted by Gasteiger charge is -2.05. The van der Waals surface area contributed by atoms with E-state index in [0.29, 0.717) is 23.4 Å². The van der Waals surface area contributed by atoms with Crippen LogP contribution in [-0.2, 0) is 11.3 Å². The van der Waals surface area contributed by atoms with Crippen molar-refractivity contribution < 1.29 is 24.5 Å². The number of carboxylic acids is 2. The first kappa shape index (κ1) is 13.9. The van der Waals surface area contributed by atoms with Gasteiger partial charge in [0.05, 0.1) is 5.56 Å². The van der Waals surface area contributed by atoms with Gasteiger partial charge in [-0.2, -0.15) is 0 Å². The molecule has 6 heteroatoms. The lowest BCUT2D eigenvalue weighted by molar-refractivity contribution is -0.139. The summed E-state index contributed by atoms with van der Waals surface area (Å²) in [6.07, 6.45) is 0. The third-order valence-corrected chi connectivity index (χ3v) is 3.19. The topological polar surface area (TPSA) is 88.8 Å². The molecule has 0 bridgehead atoms. The van der Waals surface area contributed by atoms with Gasteiger partial charge in [-0.25, -0.2) is 9.59 Å². The van der Waals surface area contributed by atoms with E-state index in [2.05, 4.69) is 0 Å². The van der Waals surface area contributed by atoms with Gasteiger partial charge in [0.15, 0.2) is 6.61 Å². The first-order valence-electron chi connectivity index (χ1n) is 6.16. The molecule has 0 aliphatic heterocycles. The van der Waals surface area contributed by atoms with Crippen LogP contribution in [0.25, 0.3) is 10.9 Å². The van der Waals surface area contributed by atoms with E-state index in [0.717, 1.165) is 5.52 Å². The number of nitrogens with zero attached hydrogens (tertiary/aromatic N) is 1. The Morgan fingerprint density at radius 1 is 1.30 bits per heavy atom. The van der Waals surface area contributed by atoms with Crippen molar-refractivity contribution >= 4 is 22.8 Å². The quantitative estimate of drug-likeness (QED) is 0.874. The number of carbonyl (C=O) groups is 2. The number of carboxylic acid groups (broad SMARTS) is 2. The maximum atomic E-state index is 11.4. The van der Waals surface area contributed by atoms with Crippen molar-refractivity contribution in [2.75, 3.05) is 6.61 Å². The molecule has 0 atom stereocenters. The largest absolute Gasteiger partial charge is 0.482 e. The maximum Gasteiger partial charge on any atom is 0.341 e. The Labute approximate surface area is 115 Å². The second kappa shape index (κ2) is 5.24. The molecular weight excluding hydrogens is 262 g/mol. The molecule has 0 unspecified atom stereocenters. The van der Waals surface area contributed by atoms with Crippen LogP contribution < -0.4 is 4.74 Å². The Morgan fingerprint density at radius 3 is 2.55 bits per heavy atom. The van der Waals surface area contributed by atoms with Crippen LogP contribution in [0.3, 0.4) is 0 Å². The number of hydrogen-bond donors (Lipinski definition) is 2. The SMILES string of the molecule is CCn1c(C)c(C(=O)O)c2cc(OCC(=O)O)ccc21. The van der Waals surface area contributed by atoms with E-state index in [4.69, 9.17) is 9.84 Å². The van der Waals surface area contributed by atoms with Crippen molar-refractivity contribution in [2.24, 2.45) is 0 Å². The molecule has 2 aromatic rings. The van der Waals surface area contributed by atoms with E-state index in [9.17, 15) is 14.7 Å². The predicted molar refractivity (Wildman–Crippen MR) is 72.4 cm³/mol. The first-order chi connectivity index (χ1) is 9.45. The molecule has 0 amide bonds. The van der Waals surface area contributed by atoms with Crippen LogP contribution in [0.1, 0.15) is 23.0 Å². The summed E-state index contributed by atoms with van der Waals surface area (Å²) in [5.41, 5.74) is 1.69. The van der Waals surface area contributed by atoms with Gasteiger partial charge in [0, 0.05) is 23.1 Å². The van der Waals surface area contributed by atoms with Gasteiger partial charge in [-0.05, 0) is 32.0 Å². The van der Waals surface area contributed by atoms with Crippen LogP contribution >= 0.6 is 0 Å². The number of aromatic nitrogens is 1. The average Bonchev–Trinajstić information content (AvgIpc) is 2.66. The molecule has 1 aromatic carbocycles. The highest BCUT2D eigenvalue weighted by Gasteiger charge is 2.19. The van der Waals surface area contributed by atoms with Gasteiger partial charge in [-0.15, -0.1) is 0 Å². The average molecular weight is 277 g/mol. The minimum absolute atomic E-state index is 0.225. The van der Waals surface area contributed by atoms with Gasteiger partial charge in [-0.1, -0.05) is 0 Å². The van der Waals surface area contributed by atoms with Gasteiger partial charge in [-0.3, -0.25) is 0 Å². The van der Waals surface area contributed by atoms with Gasteiger partial charge in [0.1, 0.15) is 5.75 Å². The lowest BCUT2D eigenvalue weighted by Crippen LogP contribution is -2.09. The van der Waals surface area contributed by atoms with E-state index in [1.165, 1.54) is 0 Å². The number of rotatable bonds is 5. The third kappa shape index (κ3) is 2.32. The minimum atomic E-state index is -1.08. The highest BCUT2D eigenvalue weighted by Crippen LogP contribution is 2.29. The number of ether oxygens (including phenoxy) is 1. The van der Waals surface area contributed by atoms with Crippen molar-refractivity contribution in [1.29, 1.82) is 0 Å². The van der Waals surface area contributed by atoms with Crippen molar-refractivity contribution in [3.8, 4) is 5.75 Å². The molecule has 0 radical (unpaired) electrons. The summed E-state index contributed by atoms with van der Waals surface area (Å²) in [4.78, 5) is 21.9. The van der Waals surface area contributed by atoms with E-state index < -0.39 is 18.5 Å². The summed E-state index contributed by atoms with van der Waals surface area (Å²) < 4.78 is 6.99. The van der Waals surface area contributed by atoms with Gasteiger partial charge in [0.25, 0.3) is 0 Å². The molecule has 0 saturated carbocycles. The molecule has 20 heavy (non-hydrogen) atoms. The fourth-order valence-corrected chi connectivity index (χ4v) is 2.37. The summed E-state index contributed by atoms with van der Waals surface area (Å²) in [5, 5.41) is 18.5. The normalized spacial score (nSPS) is 10.7. The lowest BCUT2D eigenvalue weighted by atomic mass is 10.1. The molecule has 2 rings (SSSR count). The number of fused-ring (bicyclic) bond motifs is 1. The number of aromatic carboxylic acids is 1. The van der Waals surface area contributed by atoms with Crippen molar-refractivity contribution in [1.82, 2.24) is 4.57 Å². The van der Waals surface area contributed by atoms with Gasteiger partial charge in [0.2, 0.25) is 0 Å². The van der Waals surface area contributed by atoms with E-state index in [-0.39, 0.29) is 5.56 Å². The molecule has 0 saturated heterocycles. The second-order valence-electron chi connectivity index (χ2n) is 4.37. The van der Waals surface area contributed by atoms with Crippen LogP contribution in [0.15, 0.2) is 18.2 Å². The zero-order valence-corrected chi connectivity index (χ0v) is 11.2. The molecule has 106 valence electrons. The zero-order valence-electron chi connectivity index (χ0n) is 11.2. The van der Waals surface area contributed by atoms with Gasteiger partial charge >= 0.3 is 11.9 Å². The summed E-state index contributed by atoms with van der Waals surface area (Å²) in [6.45, 7) is 3.89. The summed E-state index contributed by atoms with van der Waals surface area (Å²) in [5.74, 6) is -1.74. The van der Waals surface area contributed by atoms with Crippen LogP contribution in [-0.4, -0.2) is 33.3 Å². The molecule has 1 heterocycles. The smallest absolute Gasteiger partial charge is 0.341 e. The summed E-state index contributed by atoms with van der Waals surface area (Å²) >= 11 is 0. The fourth-order valence-electron chi connectivity index (χ4n) is 2.37. The fraction of sp³-hybridized carbons (Fsp3) is 0.286. The Balaban J connectivity index is 2.58. The molecule has 0 fully saturated rings. The first-order valence-corrected chi connectivity index (χ1v) is 6.16. The molecule has 0 spiro atoms. The standard InChI is InChI=1S/C14H15NO5/c1-3-15-8(2)13(14(18)19)10-6-9(4-5-11(10)15)20-7-12(16)17/h4-6H,3,7H2,1-2H3,(H,16,17)(H,18,19). The van der Waals surface area contributed by atoms with E-state index >= 15 is 0 Å². The summed E-state index contributed by atoms with van der Waals surface area (Å²) in [7, 11) is 0. The Morgan fingerprint density at radius 2 is 2.00 bits per heavy atom. The molecule has 6 nitrogen and oxygen atoms in total. The predicted octanol–water partition coefficient (Wildman–Crippen LogP) is 2.13. The van der Waals surface area contributed by atoms with E-state index in [1.54, 1.807) is 25.1 Å². The highest BCUT2D eigenvalue weighted by molar-refractivity contribution is 6.05. The van der Waals surface area contributed by atoms with Crippen molar-refractivity contribution in [2.45, 2.75) is 20.4 Å². The Kier molecular flexibility index (Phi) is 3.65. The maximum absolute atomic E-state index is 11.4. The number of hydrogen-bond acceptors (Lipinski definition) is 3. The number of benzene rings is 1. The Bertz CT molecular complexity index is 686. The minimum Gasteiger partial charge on any atom is -0.482 e. The third-order valence-electron chi connectivity index (χ3n) is 3.19. The molecule has 0 aliphatic rings. The van der Waals surface area contributed by atoms with Crippen molar-refractivity contribution in [3.63, 3.8) is 0 Å². The highest BCUT2D eigenvalue weighted by atomic mass is 16.5. The zero-order chi connectivity index (χ0) is 14.9. The number of aliphatic carboxylic acids is 1. The molecule has 2 N–H and O–H groups in total. The second-order valence-corrected chi connectivity index (χ2v) is 4.37. The summed E-state index contributed by atoms with van der Waals surface area (Å²) in [6, 6.07) is 4.96. The van der Waals surface area contributed by atoms with Crippen LogP contribution in [0.4, 0.5) is 0 Å². The van der Waals surface area contributed by atoms with Crippen LogP contribution in [0.5, 0.6) is 5.75 Å². The van der Waals surface area contributed by atoms with Crippen LogP contribution in [0, 0.1) is 6.92 Å². The monoisotopic (exact) mass is 277 g/mol.